The van der Waals surface area contributed by atoms with E-state index < -0.39 is 5.97 Å². The van der Waals surface area contributed by atoms with Crippen molar-refractivity contribution in [3.05, 3.63) is 34.3 Å². The van der Waals surface area contributed by atoms with E-state index in [1.165, 1.54) is 18.2 Å². The standard InChI is InChI=1S/C8H5ClO3/c9-7-2-5(4-10)1-6(3-7)8(11)12/h1-4H,(H,11,12)/p-1. The number of carboxylic acids is 1. The van der Waals surface area contributed by atoms with Gasteiger partial charge in [-0.25, -0.2) is 0 Å². The zero-order valence-corrected chi connectivity index (χ0v) is 6.67. The van der Waals surface area contributed by atoms with Gasteiger partial charge in [-0.05, 0) is 23.8 Å². The van der Waals surface area contributed by atoms with Gasteiger partial charge in [0, 0.05) is 10.6 Å². The molecule has 0 saturated carbocycles. The first-order valence-corrected chi connectivity index (χ1v) is 3.48. The molecule has 1 aromatic rings. The van der Waals surface area contributed by atoms with Gasteiger partial charge in [0.15, 0.2) is 0 Å². The van der Waals surface area contributed by atoms with Gasteiger partial charge in [-0.15, -0.1) is 0 Å². The maximum atomic E-state index is 10.3. The molecular formula is C8H4ClO3-. The van der Waals surface area contributed by atoms with E-state index in [0.717, 1.165) is 0 Å². The second-order valence-electron chi connectivity index (χ2n) is 2.18. The normalized spacial score (nSPS) is 9.42. The van der Waals surface area contributed by atoms with E-state index in [9.17, 15) is 14.7 Å². The summed E-state index contributed by atoms with van der Waals surface area (Å²) in [6.45, 7) is 0. The van der Waals surface area contributed by atoms with Gasteiger partial charge in [0.1, 0.15) is 6.29 Å². The Kier molecular flexibility index (Phi) is 2.45. The van der Waals surface area contributed by atoms with E-state index in [4.69, 9.17) is 11.6 Å². The van der Waals surface area contributed by atoms with Crippen LogP contribution in [0.15, 0.2) is 18.2 Å². The molecule has 0 N–H and O–H groups in total. The van der Waals surface area contributed by atoms with Crippen molar-refractivity contribution in [3.63, 3.8) is 0 Å². The van der Waals surface area contributed by atoms with Crippen LogP contribution >= 0.6 is 11.6 Å². The molecular weight excluding hydrogens is 180 g/mol. The van der Waals surface area contributed by atoms with Crippen LogP contribution in [0.4, 0.5) is 0 Å². The largest absolute Gasteiger partial charge is 0.545 e. The van der Waals surface area contributed by atoms with Crippen LogP contribution in [-0.4, -0.2) is 12.3 Å². The third-order valence-electron chi connectivity index (χ3n) is 1.29. The van der Waals surface area contributed by atoms with Crippen LogP contribution < -0.4 is 5.11 Å². The molecule has 4 heteroatoms. The highest BCUT2D eigenvalue weighted by Gasteiger charge is 1.98. The highest BCUT2D eigenvalue weighted by Crippen LogP contribution is 2.13. The fourth-order valence-electron chi connectivity index (χ4n) is 0.798. The number of carbonyl (C=O) groups is 2. The smallest absolute Gasteiger partial charge is 0.150 e. The van der Waals surface area contributed by atoms with Crippen molar-refractivity contribution >= 4 is 23.9 Å². The van der Waals surface area contributed by atoms with Crippen molar-refractivity contribution in [2.45, 2.75) is 0 Å². The molecule has 0 aliphatic rings. The number of carbonyl (C=O) groups excluding carboxylic acids is 2. The van der Waals surface area contributed by atoms with Gasteiger partial charge in [-0.3, -0.25) is 4.79 Å². The van der Waals surface area contributed by atoms with Gasteiger partial charge < -0.3 is 9.90 Å². The molecule has 0 aromatic heterocycles. The molecule has 0 aliphatic heterocycles. The molecule has 1 rings (SSSR count). The second-order valence-corrected chi connectivity index (χ2v) is 2.61. The molecule has 0 unspecified atom stereocenters. The van der Waals surface area contributed by atoms with Crippen LogP contribution in [0, 0.1) is 0 Å². The van der Waals surface area contributed by atoms with E-state index in [1.54, 1.807) is 0 Å². The molecule has 0 atom stereocenters. The number of aromatic carboxylic acids is 1. The van der Waals surface area contributed by atoms with Crippen molar-refractivity contribution in [1.82, 2.24) is 0 Å². The minimum atomic E-state index is -1.35. The predicted octanol–water partition coefficient (Wildman–Crippen LogP) is 0.516. The molecule has 0 spiro atoms. The maximum absolute atomic E-state index is 10.3. The van der Waals surface area contributed by atoms with Crippen LogP contribution in [0.5, 0.6) is 0 Å². The molecule has 0 aliphatic carbocycles. The Morgan fingerprint density at radius 3 is 2.58 bits per heavy atom. The molecule has 62 valence electrons. The van der Waals surface area contributed by atoms with Crippen molar-refractivity contribution < 1.29 is 14.7 Å². The molecule has 0 saturated heterocycles. The molecule has 12 heavy (non-hydrogen) atoms. The Morgan fingerprint density at radius 2 is 2.08 bits per heavy atom. The predicted molar refractivity (Wildman–Crippen MR) is 41.2 cm³/mol. The number of hydrogen-bond acceptors (Lipinski definition) is 3. The Labute approximate surface area is 73.6 Å². The molecule has 3 nitrogen and oxygen atoms in total. The fraction of sp³-hybridized carbons (Fsp3) is 0. The lowest BCUT2D eigenvalue weighted by Gasteiger charge is -2.02. The summed E-state index contributed by atoms with van der Waals surface area (Å²) in [6.07, 6.45) is 0.526. The number of carboxylic acid groups (broad SMARTS) is 1. The SMILES string of the molecule is O=Cc1cc(Cl)cc(C(=O)[O-])c1. The molecule has 0 heterocycles. The van der Waals surface area contributed by atoms with E-state index in [1.807, 2.05) is 0 Å². The summed E-state index contributed by atoms with van der Waals surface area (Å²) >= 11 is 5.52. The van der Waals surface area contributed by atoms with Crippen molar-refractivity contribution in [1.29, 1.82) is 0 Å². The van der Waals surface area contributed by atoms with Crippen LogP contribution in [-0.2, 0) is 0 Å². The number of benzene rings is 1. The van der Waals surface area contributed by atoms with Gasteiger partial charge in [0.05, 0.1) is 5.97 Å². The summed E-state index contributed by atoms with van der Waals surface area (Å²) in [7, 11) is 0. The van der Waals surface area contributed by atoms with E-state index in [-0.39, 0.29) is 16.1 Å². The summed E-state index contributed by atoms with van der Waals surface area (Å²) in [5.74, 6) is -1.35. The second kappa shape index (κ2) is 3.36. The Morgan fingerprint density at radius 1 is 1.42 bits per heavy atom. The van der Waals surface area contributed by atoms with Crippen LogP contribution in [0.1, 0.15) is 20.7 Å². The lowest BCUT2D eigenvalue weighted by Crippen LogP contribution is -2.22. The van der Waals surface area contributed by atoms with Gasteiger partial charge in [-0.1, -0.05) is 11.6 Å². The zero-order valence-electron chi connectivity index (χ0n) is 5.91. The molecule has 1 aromatic carbocycles. The summed E-state index contributed by atoms with van der Waals surface area (Å²) in [5, 5.41) is 10.5. The summed E-state index contributed by atoms with van der Waals surface area (Å²) in [4.78, 5) is 20.6. The van der Waals surface area contributed by atoms with Gasteiger partial charge in [0.25, 0.3) is 0 Å². The summed E-state index contributed by atoms with van der Waals surface area (Å²) < 4.78 is 0. The van der Waals surface area contributed by atoms with Gasteiger partial charge in [-0.2, -0.15) is 0 Å². The van der Waals surface area contributed by atoms with Crippen molar-refractivity contribution in [3.8, 4) is 0 Å². The topological polar surface area (TPSA) is 57.2 Å². The number of rotatable bonds is 2. The maximum Gasteiger partial charge on any atom is 0.150 e. The first-order valence-electron chi connectivity index (χ1n) is 3.10. The lowest BCUT2D eigenvalue weighted by atomic mass is 10.1. The Balaban J connectivity index is 3.23. The van der Waals surface area contributed by atoms with Crippen molar-refractivity contribution in [2.75, 3.05) is 0 Å². The summed E-state index contributed by atoms with van der Waals surface area (Å²) in [5.41, 5.74) is 0.131. The average molecular weight is 184 g/mol. The monoisotopic (exact) mass is 183 g/mol. The average Bonchev–Trinajstić information content (AvgIpc) is 2.03. The highest BCUT2D eigenvalue weighted by atomic mass is 35.5. The Hall–Kier alpha value is -1.35. The first kappa shape index (κ1) is 8.74. The fourth-order valence-corrected chi connectivity index (χ4v) is 1.04. The molecule has 0 radical (unpaired) electrons. The third kappa shape index (κ3) is 1.83. The molecule has 0 fully saturated rings. The van der Waals surface area contributed by atoms with E-state index >= 15 is 0 Å². The quantitative estimate of drug-likeness (QED) is 0.628. The molecule has 0 amide bonds. The van der Waals surface area contributed by atoms with Crippen molar-refractivity contribution in [2.24, 2.45) is 0 Å². The number of aldehydes is 1. The van der Waals surface area contributed by atoms with E-state index in [0.29, 0.717) is 6.29 Å². The zero-order chi connectivity index (χ0) is 9.14. The Bertz CT molecular complexity index is 333. The van der Waals surface area contributed by atoms with Crippen LogP contribution in [0.3, 0.4) is 0 Å². The number of halogens is 1. The summed E-state index contributed by atoms with van der Waals surface area (Å²) in [6, 6.07) is 3.80. The van der Waals surface area contributed by atoms with Gasteiger partial charge >= 0.3 is 0 Å². The van der Waals surface area contributed by atoms with Crippen LogP contribution in [0.25, 0.3) is 0 Å². The van der Waals surface area contributed by atoms with Crippen LogP contribution in [0.2, 0.25) is 5.02 Å². The third-order valence-corrected chi connectivity index (χ3v) is 1.51. The lowest BCUT2D eigenvalue weighted by molar-refractivity contribution is -0.255. The van der Waals surface area contributed by atoms with Gasteiger partial charge in [0.2, 0.25) is 0 Å². The first-order chi connectivity index (χ1) is 5.63. The highest BCUT2D eigenvalue weighted by molar-refractivity contribution is 6.31. The minimum absolute atomic E-state index is 0.0930. The van der Waals surface area contributed by atoms with E-state index in [2.05, 4.69) is 0 Å². The number of hydrogen-bond donors (Lipinski definition) is 0. The minimum Gasteiger partial charge on any atom is -0.545 e. The molecule has 0 bridgehead atoms.